The molecule has 28 heavy (non-hydrogen) atoms. The lowest BCUT2D eigenvalue weighted by Gasteiger charge is -2.36. The van der Waals surface area contributed by atoms with Crippen molar-refractivity contribution in [3.05, 3.63) is 30.6 Å². The molecule has 148 valence electrons. The second kappa shape index (κ2) is 6.45. The summed E-state index contributed by atoms with van der Waals surface area (Å²) in [6.07, 6.45) is 3.15. The Morgan fingerprint density at radius 3 is 2.79 bits per heavy atom. The van der Waals surface area contributed by atoms with Gasteiger partial charge in [-0.25, -0.2) is 9.29 Å². The lowest BCUT2D eigenvalue weighted by Crippen LogP contribution is -2.49. The zero-order valence-corrected chi connectivity index (χ0v) is 16.3. The highest BCUT2D eigenvalue weighted by atomic mass is 32.2. The zero-order valence-electron chi connectivity index (χ0n) is 15.5. The minimum absolute atomic E-state index is 0.00743. The Morgan fingerprint density at radius 1 is 1.21 bits per heavy atom. The van der Waals surface area contributed by atoms with Crippen LogP contribution in [0.3, 0.4) is 0 Å². The number of fused-ring (bicyclic) bond motifs is 2. The molecule has 2 aromatic rings. The molecule has 5 rings (SSSR count). The number of pyridine rings is 1. The van der Waals surface area contributed by atoms with Crippen LogP contribution < -0.4 is 4.90 Å². The fraction of sp³-hybridized carbons (Fsp3) is 0.471. The van der Waals surface area contributed by atoms with Gasteiger partial charge in [-0.05, 0) is 12.1 Å². The quantitative estimate of drug-likeness (QED) is 0.713. The monoisotopic (exact) mass is 403 g/mol. The van der Waals surface area contributed by atoms with Crippen molar-refractivity contribution in [3.63, 3.8) is 0 Å². The van der Waals surface area contributed by atoms with Crippen LogP contribution in [0.5, 0.6) is 0 Å². The molecule has 10 nitrogen and oxygen atoms in total. The van der Waals surface area contributed by atoms with Crippen LogP contribution in [0.15, 0.2) is 40.6 Å². The van der Waals surface area contributed by atoms with E-state index in [9.17, 15) is 8.42 Å². The van der Waals surface area contributed by atoms with Crippen LogP contribution in [0.4, 0.5) is 11.5 Å². The summed E-state index contributed by atoms with van der Waals surface area (Å²) in [5.74, 6) is 0.988. The highest BCUT2D eigenvalue weighted by molar-refractivity contribution is 7.89. The molecule has 11 heteroatoms. The summed E-state index contributed by atoms with van der Waals surface area (Å²) in [7, 11) is -2.03. The Bertz CT molecular complexity index is 1010. The molecule has 1 atom stereocenters. The van der Waals surface area contributed by atoms with Crippen molar-refractivity contribution in [1.82, 2.24) is 24.0 Å². The maximum absolute atomic E-state index is 12.8. The van der Waals surface area contributed by atoms with E-state index >= 15 is 0 Å². The third-order valence-electron chi connectivity index (χ3n) is 5.19. The van der Waals surface area contributed by atoms with Crippen molar-refractivity contribution < 1.29 is 13.2 Å². The minimum atomic E-state index is -3.71. The number of hydrogen-bond acceptors (Lipinski definition) is 8. The van der Waals surface area contributed by atoms with Gasteiger partial charge in [-0.3, -0.25) is 9.58 Å². The highest BCUT2D eigenvalue weighted by Crippen LogP contribution is 2.34. The van der Waals surface area contributed by atoms with E-state index in [0.717, 1.165) is 32.0 Å². The van der Waals surface area contributed by atoms with E-state index in [4.69, 9.17) is 4.74 Å². The van der Waals surface area contributed by atoms with Gasteiger partial charge in [-0.15, -0.1) is 0 Å². The first-order valence-corrected chi connectivity index (χ1v) is 10.6. The van der Waals surface area contributed by atoms with Gasteiger partial charge in [-0.1, -0.05) is 6.07 Å². The second-order valence-corrected chi connectivity index (χ2v) is 8.92. The lowest BCUT2D eigenvalue weighted by atomic mass is 10.2. The average molecular weight is 403 g/mol. The first-order chi connectivity index (χ1) is 13.5. The largest absolute Gasteiger partial charge is 0.458 e. The lowest BCUT2D eigenvalue weighted by molar-refractivity contribution is 0.143. The first kappa shape index (κ1) is 17.4. The number of amidine groups is 1. The Morgan fingerprint density at radius 2 is 2.04 bits per heavy atom. The van der Waals surface area contributed by atoms with Crippen LogP contribution in [-0.4, -0.2) is 83.8 Å². The van der Waals surface area contributed by atoms with Crippen LogP contribution in [0.2, 0.25) is 0 Å². The van der Waals surface area contributed by atoms with Crippen molar-refractivity contribution in [1.29, 1.82) is 0 Å². The maximum Gasteiger partial charge on any atom is 0.307 e. The molecule has 0 aliphatic carbocycles. The molecule has 0 N–H and O–H groups in total. The molecular weight excluding hydrogens is 382 g/mol. The molecule has 2 fully saturated rings. The molecular formula is C17H21N7O3S. The normalized spacial score (nSPS) is 23.8. The summed E-state index contributed by atoms with van der Waals surface area (Å²) in [4.78, 5) is 13.3. The molecule has 3 aliphatic rings. The number of sulfonamides is 1. The number of piperazine rings is 1. The van der Waals surface area contributed by atoms with Crippen molar-refractivity contribution in [3.8, 4) is 0 Å². The fourth-order valence-corrected chi connectivity index (χ4v) is 5.25. The smallest absolute Gasteiger partial charge is 0.307 e. The van der Waals surface area contributed by atoms with Gasteiger partial charge in [0.25, 0.3) is 10.0 Å². The summed E-state index contributed by atoms with van der Waals surface area (Å²) in [6.45, 7) is 4.42. The van der Waals surface area contributed by atoms with Crippen molar-refractivity contribution >= 4 is 27.6 Å². The highest BCUT2D eigenvalue weighted by Gasteiger charge is 2.45. The Balaban J connectivity index is 1.24. The van der Waals surface area contributed by atoms with Gasteiger partial charge in [0.1, 0.15) is 17.6 Å². The fourth-order valence-electron chi connectivity index (χ4n) is 3.80. The van der Waals surface area contributed by atoms with Gasteiger partial charge in [0.05, 0.1) is 12.7 Å². The van der Waals surface area contributed by atoms with Crippen LogP contribution in [0.25, 0.3) is 0 Å². The van der Waals surface area contributed by atoms with E-state index in [1.54, 1.807) is 19.4 Å². The summed E-state index contributed by atoms with van der Waals surface area (Å²) in [5, 5.41) is 4.04. The third kappa shape index (κ3) is 2.90. The molecule has 2 saturated heterocycles. The van der Waals surface area contributed by atoms with Gasteiger partial charge in [0, 0.05) is 46.0 Å². The van der Waals surface area contributed by atoms with Crippen LogP contribution in [-0.2, 0) is 21.8 Å². The Kier molecular flexibility index (Phi) is 4.02. The number of anilines is 1. The third-order valence-corrected chi connectivity index (χ3v) is 6.85. The topological polar surface area (TPSA) is 96.2 Å². The van der Waals surface area contributed by atoms with E-state index in [2.05, 4.69) is 24.9 Å². The van der Waals surface area contributed by atoms with Gasteiger partial charge in [0.15, 0.2) is 0 Å². The van der Waals surface area contributed by atoms with Crippen molar-refractivity contribution in [2.45, 2.75) is 11.1 Å². The van der Waals surface area contributed by atoms with Gasteiger partial charge < -0.3 is 9.64 Å². The van der Waals surface area contributed by atoms with Gasteiger partial charge in [-0.2, -0.15) is 18.5 Å². The van der Waals surface area contributed by atoms with Crippen molar-refractivity contribution in [2.24, 2.45) is 12.0 Å². The number of aryl methyl sites for hydroxylation is 1. The molecule has 0 spiro atoms. The maximum atomic E-state index is 12.8. The molecule has 5 heterocycles. The zero-order chi connectivity index (χ0) is 19.3. The second-order valence-electron chi connectivity index (χ2n) is 7.14. The van der Waals surface area contributed by atoms with E-state index in [1.807, 2.05) is 18.2 Å². The van der Waals surface area contributed by atoms with E-state index < -0.39 is 10.0 Å². The molecule has 2 aromatic heterocycles. The number of aromatic nitrogens is 3. The number of aliphatic imine (C=N–C) groups is 1. The summed E-state index contributed by atoms with van der Waals surface area (Å²) in [6, 6.07) is 6.07. The molecule has 1 unspecified atom stereocenters. The van der Waals surface area contributed by atoms with E-state index in [1.165, 1.54) is 8.99 Å². The van der Waals surface area contributed by atoms with Crippen molar-refractivity contribution in [2.75, 3.05) is 44.2 Å². The first-order valence-electron chi connectivity index (χ1n) is 9.21. The average Bonchev–Trinajstić information content (AvgIpc) is 3.27. The van der Waals surface area contributed by atoms with E-state index in [-0.39, 0.29) is 23.7 Å². The summed E-state index contributed by atoms with van der Waals surface area (Å²) < 4.78 is 34.2. The molecule has 0 radical (unpaired) electrons. The van der Waals surface area contributed by atoms with Gasteiger partial charge in [0.2, 0.25) is 5.03 Å². The number of rotatable bonds is 3. The number of nitrogens with zero attached hydrogens (tertiary/aromatic N) is 7. The number of ether oxygens (including phenoxy) is 1. The standard InChI is InChI=1S/C17H21N7O3S/c1-21-12-14-16(20-21)28(25,26)24-11-13(27-17(24)19-14)10-22-6-8-23(9-7-22)15-4-2-3-5-18-15/h2-5,12-13H,6-11H2,1H3. The Labute approximate surface area is 163 Å². The van der Waals surface area contributed by atoms with Gasteiger partial charge >= 0.3 is 6.02 Å². The van der Waals surface area contributed by atoms with Crippen LogP contribution in [0, 0.1) is 0 Å². The van der Waals surface area contributed by atoms with E-state index in [0.29, 0.717) is 12.2 Å². The summed E-state index contributed by atoms with van der Waals surface area (Å²) in [5.41, 5.74) is 0.332. The molecule has 0 bridgehead atoms. The predicted octanol–water partition coefficient (Wildman–Crippen LogP) is 0.0279. The minimum Gasteiger partial charge on any atom is -0.458 e. The Hall–Kier alpha value is -2.66. The molecule has 0 amide bonds. The predicted molar refractivity (Wildman–Crippen MR) is 102 cm³/mol. The molecule has 0 aromatic carbocycles. The van der Waals surface area contributed by atoms with Crippen LogP contribution >= 0.6 is 0 Å². The molecule has 3 aliphatic heterocycles. The SMILES string of the molecule is Cn1cc2c(n1)S(=O)(=O)N1CC(CN3CCN(c4ccccn4)CC3)OC1=N2. The number of hydrogen-bond donors (Lipinski definition) is 0. The van der Waals surface area contributed by atoms with Crippen LogP contribution in [0.1, 0.15) is 0 Å². The summed E-state index contributed by atoms with van der Waals surface area (Å²) >= 11 is 0. The molecule has 0 saturated carbocycles.